The Hall–Kier alpha value is -0.220. The lowest BCUT2D eigenvalue weighted by atomic mass is 10.1. The summed E-state index contributed by atoms with van der Waals surface area (Å²) >= 11 is 1.80. The Morgan fingerprint density at radius 2 is 2.20 bits per heavy atom. The third-order valence-electron chi connectivity index (χ3n) is 2.69. The summed E-state index contributed by atoms with van der Waals surface area (Å²) < 4.78 is 0. The molecule has 15 heavy (non-hydrogen) atoms. The van der Waals surface area contributed by atoms with Gasteiger partial charge in [0, 0.05) is 11.8 Å². The fraction of sp³-hybridized carbons (Fsp3) is 0.909. The highest BCUT2D eigenvalue weighted by Gasteiger charge is 2.33. The summed E-state index contributed by atoms with van der Waals surface area (Å²) in [5.41, 5.74) is 0. The van der Waals surface area contributed by atoms with E-state index < -0.39 is 0 Å². The van der Waals surface area contributed by atoms with Crippen LogP contribution in [-0.4, -0.2) is 41.6 Å². The number of amides is 1. The third-order valence-corrected chi connectivity index (χ3v) is 3.51. The lowest BCUT2D eigenvalue weighted by molar-refractivity contribution is -0.129. The van der Waals surface area contributed by atoms with E-state index in [4.69, 9.17) is 0 Å². The molecule has 1 aliphatic heterocycles. The maximum atomic E-state index is 11.7. The van der Waals surface area contributed by atoms with Crippen LogP contribution in [0.25, 0.3) is 0 Å². The first-order valence-electron chi connectivity index (χ1n) is 5.59. The van der Waals surface area contributed by atoms with Crippen molar-refractivity contribution in [2.45, 2.75) is 39.4 Å². The Bertz CT molecular complexity index is 221. The maximum absolute atomic E-state index is 11.7. The molecule has 1 N–H and O–H groups in total. The molecule has 0 aromatic rings. The van der Waals surface area contributed by atoms with Gasteiger partial charge in [0.25, 0.3) is 0 Å². The summed E-state index contributed by atoms with van der Waals surface area (Å²) in [6.45, 7) is 7.04. The van der Waals surface area contributed by atoms with Crippen LogP contribution < -0.4 is 5.32 Å². The van der Waals surface area contributed by atoms with Gasteiger partial charge in [0.05, 0.1) is 12.7 Å². The van der Waals surface area contributed by atoms with E-state index in [1.165, 1.54) is 0 Å². The monoisotopic (exact) mass is 230 g/mol. The van der Waals surface area contributed by atoms with Crippen LogP contribution in [0.2, 0.25) is 0 Å². The van der Waals surface area contributed by atoms with E-state index in [0.29, 0.717) is 18.5 Å². The maximum Gasteiger partial charge on any atom is 0.238 e. The first kappa shape index (κ1) is 12.8. The average Bonchev–Trinajstić information content (AvgIpc) is 2.46. The van der Waals surface area contributed by atoms with Gasteiger partial charge in [-0.3, -0.25) is 10.1 Å². The fourth-order valence-corrected chi connectivity index (χ4v) is 2.73. The van der Waals surface area contributed by atoms with Crippen LogP contribution >= 0.6 is 11.8 Å². The number of carbonyl (C=O) groups excluding carboxylic acids is 1. The zero-order valence-corrected chi connectivity index (χ0v) is 10.9. The lowest BCUT2D eigenvalue weighted by Crippen LogP contribution is -2.45. The topological polar surface area (TPSA) is 32.3 Å². The summed E-state index contributed by atoms with van der Waals surface area (Å²) in [7, 11) is 0. The molecule has 2 atom stereocenters. The summed E-state index contributed by atoms with van der Waals surface area (Å²) in [4.78, 5) is 13.8. The van der Waals surface area contributed by atoms with Crippen LogP contribution in [0.5, 0.6) is 0 Å². The number of nitrogens with one attached hydrogen (secondary N) is 1. The molecule has 88 valence electrons. The predicted molar refractivity (Wildman–Crippen MR) is 65.9 cm³/mol. The van der Waals surface area contributed by atoms with Gasteiger partial charge in [-0.15, -0.1) is 0 Å². The van der Waals surface area contributed by atoms with Gasteiger partial charge in [-0.2, -0.15) is 11.8 Å². The second-order valence-electron chi connectivity index (χ2n) is 4.63. The van der Waals surface area contributed by atoms with Crippen molar-refractivity contribution < 1.29 is 4.79 Å². The smallest absolute Gasteiger partial charge is 0.238 e. The van der Waals surface area contributed by atoms with Crippen molar-refractivity contribution >= 4 is 17.7 Å². The van der Waals surface area contributed by atoms with Gasteiger partial charge in [-0.25, -0.2) is 0 Å². The van der Waals surface area contributed by atoms with Gasteiger partial charge in [0.1, 0.15) is 0 Å². The summed E-state index contributed by atoms with van der Waals surface area (Å²) in [5, 5.41) is 3.29. The van der Waals surface area contributed by atoms with Crippen molar-refractivity contribution in [2.24, 2.45) is 5.92 Å². The minimum absolute atomic E-state index is 0.250. The minimum atomic E-state index is 0.250. The number of thioether (sulfide) groups is 1. The fourth-order valence-electron chi connectivity index (χ4n) is 2.09. The van der Waals surface area contributed by atoms with Gasteiger partial charge in [-0.05, 0) is 25.5 Å². The van der Waals surface area contributed by atoms with E-state index in [1.54, 1.807) is 11.8 Å². The standard InChI is InChI=1S/C11H22N2OS/c1-8(2)5-10-12-6-11(14)13(10)9(3)7-15-4/h8-10,12H,5-7H2,1-4H3. The van der Waals surface area contributed by atoms with E-state index >= 15 is 0 Å². The van der Waals surface area contributed by atoms with Gasteiger partial charge in [0.2, 0.25) is 5.91 Å². The molecule has 0 saturated carbocycles. The number of rotatable bonds is 5. The summed E-state index contributed by atoms with van der Waals surface area (Å²) in [5.74, 6) is 1.89. The van der Waals surface area contributed by atoms with E-state index in [-0.39, 0.29) is 12.1 Å². The van der Waals surface area contributed by atoms with E-state index in [1.807, 2.05) is 4.90 Å². The minimum Gasteiger partial charge on any atom is -0.323 e. The Morgan fingerprint density at radius 1 is 1.53 bits per heavy atom. The molecular formula is C11H22N2OS. The molecular weight excluding hydrogens is 208 g/mol. The highest BCUT2D eigenvalue weighted by molar-refractivity contribution is 7.98. The molecule has 0 aromatic heterocycles. The molecule has 1 fully saturated rings. The molecule has 2 unspecified atom stereocenters. The van der Waals surface area contributed by atoms with Gasteiger partial charge in [0.15, 0.2) is 0 Å². The number of hydrogen-bond donors (Lipinski definition) is 1. The van der Waals surface area contributed by atoms with E-state index in [0.717, 1.165) is 12.2 Å². The molecule has 0 spiro atoms. The van der Waals surface area contributed by atoms with Crippen molar-refractivity contribution in [3.05, 3.63) is 0 Å². The van der Waals surface area contributed by atoms with Crippen LogP contribution in [0.1, 0.15) is 27.2 Å². The number of carbonyl (C=O) groups is 1. The Labute approximate surface area is 97.0 Å². The molecule has 1 aliphatic rings. The van der Waals surface area contributed by atoms with Gasteiger partial charge < -0.3 is 4.90 Å². The van der Waals surface area contributed by atoms with Crippen molar-refractivity contribution in [3.8, 4) is 0 Å². The second kappa shape index (κ2) is 5.75. The van der Waals surface area contributed by atoms with Crippen LogP contribution in [0.4, 0.5) is 0 Å². The molecule has 1 heterocycles. The molecule has 3 nitrogen and oxygen atoms in total. The SMILES string of the molecule is CSCC(C)N1C(=O)CNC1CC(C)C. The molecule has 1 amide bonds. The van der Waals surface area contributed by atoms with Gasteiger partial charge >= 0.3 is 0 Å². The molecule has 0 aromatic carbocycles. The zero-order chi connectivity index (χ0) is 11.4. The number of nitrogens with zero attached hydrogens (tertiary/aromatic N) is 1. The zero-order valence-electron chi connectivity index (χ0n) is 10.1. The number of hydrogen-bond acceptors (Lipinski definition) is 3. The molecule has 0 bridgehead atoms. The molecule has 0 radical (unpaired) electrons. The largest absolute Gasteiger partial charge is 0.323 e. The third kappa shape index (κ3) is 3.38. The Kier molecular flexibility index (Phi) is 4.93. The Morgan fingerprint density at radius 3 is 2.73 bits per heavy atom. The highest BCUT2D eigenvalue weighted by atomic mass is 32.2. The van der Waals surface area contributed by atoms with Crippen LogP contribution in [0.3, 0.4) is 0 Å². The van der Waals surface area contributed by atoms with Crippen molar-refractivity contribution in [1.82, 2.24) is 10.2 Å². The highest BCUT2D eigenvalue weighted by Crippen LogP contribution is 2.18. The molecule has 1 rings (SSSR count). The summed E-state index contributed by atoms with van der Waals surface area (Å²) in [6.07, 6.45) is 3.38. The lowest BCUT2D eigenvalue weighted by Gasteiger charge is -2.31. The van der Waals surface area contributed by atoms with Crippen LogP contribution in [0.15, 0.2) is 0 Å². The summed E-state index contributed by atoms with van der Waals surface area (Å²) in [6, 6.07) is 0.339. The predicted octanol–water partition coefficient (Wildman–Crippen LogP) is 1.54. The molecule has 0 aliphatic carbocycles. The van der Waals surface area contributed by atoms with Crippen LogP contribution in [0, 0.1) is 5.92 Å². The van der Waals surface area contributed by atoms with E-state index in [9.17, 15) is 4.79 Å². The van der Waals surface area contributed by atoms with E-state index in [2.05, 4.69) is 32.3 Å². The molecule has 1 saturated heterocycles. The second-order valence-corrected chi connectivity index (χ2v) is 5.54. The molecule has 4 heteroatoms. The van der Waals surface area contributed by atoms with Crippen molar-refractivity contribution in [3.63, 3.8) is 0 Å². The first-order valence-corrected chi connectivity index (χ1v) is 6.99. The van der Waals surface area contributed by atoms with Gasteiger partial charge in [-0.1, -0.05) is 13.8 Å². The van der Waals surface area contributed by atoms with Crippen molar-refractivity contribution in [1.29, 1.82) is 0 Å². The average molecular weight is 230 g/mol. The Balaban J connectivity index is 2.59. The quantitative estimate of drug-likeness (QED) is 0.777. The first-order chi connectivity index (χ1) is 7.06. The van der Waals surface area contributed by atoms with Crippen molar-refractivity contribution in [2.75, 3.05) is 18.6 Å². The van der Waals surface area contributed by atoms with Crippen LogP contribution in [-0.2, 0) is 4.79 Å². The normalized spacial score (nSPS) is 23.9.